The minimum Gasteiger partial charge on any atom is -0.467 e. The van der Waals surface area contributed by atoms with Crippen LogP contribution in [-0.4, -0.2) is 52.3 Å². The number of amides is 1. The number of esters is 1. The first-order valence-electron chi connectivity index (χ1n) is 14.5. The van der Waals surface area contributed by atoms with Crippen molar-refractivity contribution in [2.75, 3.05) is 20.3 Å². The first kappa shape index (κ1) is 34.5. The summed E-state index contributed by atoms with van der Waals surface area (Å²) in [4.78, 5) is 25.6. The van der Waals surface area contributed by atoms with Crippen molar-refractivity contribution in [1.29, 1.82) is 0 Å². The van der Waals surface area contributed by atoms with Gasteiger partial charge in [0.2, 0.25) is 0 Å². The van der Waals surface area contributed by atoms with E-state index in [2.05, 4.69) is 66.3 Å². The normalized spacial score (nSPS) is 13.6. The summed E-state index contributed by atoms with van der Waals surface area (Å²) in [6.07, 6.45) is -1.08. The van der Waals surface area contributed by atoms with Gasteiger partial charge in [0.15, 0.2) is 6.10 Å². The highest BCUT2D eigenvalue weighted by Crippen LogP contribution is 2.37. The van der Waals surface area contributed by atoms with Gasteiger partial charge in [0.1, 0.15) is 5.60 Å². The fourth-order valence-electron chi connectivity index (χ4n) is 5.06. The van der Waals surface area contributed by atoms with Crippen LogP contribution in [0.1, 0.15) is 59.6 Å². The van der Waals surface area contributed by atoms with E-state index in [1.165, 1.54) is 7.11 Å². The molecule has 3 rings (SSSR count). The Morgan fingerprint density at radius 3 is 1.93 bits per heavy atom. The molecule has 0 radical (unpaired) electrons. The van der Waals surface area contributed by atoms with Crippen LogP contribution in [0.15, 0.2) is 89.4 Å². The smallest absolute Gasteiger partial charge is 0.407 e. The van der Waals surface area contributed by atoms with Crippen LogP contribution in [0.5, 0.6) is 0 Å². The van der Waals surface area contributed by atoms with Crippen molar-refractivity contribution < 1.29 is 28.2 Å². The molecule has 0 aromatic heterocycles. The van der Waals surface area contributed by atoms with Gasteiger partial charge in [-0.2, -0.15) is 0 Å². The van der Waals surface area contributed by atoms with E-state index in [1.54, 1.807) is 0 Å². The highest BCUT2D eigenvalue weighted by Gasteiger charge is 2.50. The highest BCUT2D eigenvalue weighted by molar-refractivity contribution is 9.10. The van der Waals surface area contributed by atoms with Gasteiger partial charge in [-0.1, -0.05) is 109 Å². The summed E-state index contributed by atoms with van der Waals surface area (Å²) in [6, 6.07) is 27.6. The lowest BCUT2D eigenvalue weighted by atomic mass is 10.1. The lowest BCUT2D eigenvalue weighted by Crippen LogP contribution is -2.67. The second-order valence-electron chi connectivity index (χ2n) is 12.4. The minimum atomic E-state index is -2.87. The van der Waals surface area contributed by atoms with Crippen molar-refractivity contribution in [2.24, 2.45) is 0 Å². The Labute approximate surface area is 265 Å². The quantitative estimate of drug-likeness (QED) is 0.174. The zero-order chi connectivity index (χ0) is 31.7. The largest absolute Gasteiger partial charge is 0.467 e. The Hall–Kier alpha value is -2.98. The van der Waals surface area contributed by atoms with Crippen molar-refractivity contribution in [3.8, 4) is 0 Å². The molecule has 0 bridgehead atoms. The van der Waals surface area contributed by atoms with Crippen LogP contribution in [-0.2, 0) is 23.4 Å². The second-order valence-corrected chi connectivity index (χ2v) is 17.7. The van der Waals surface area contributed by atoms with E-state index in [-0.39, 0.29) is 18.3 Å². The summed E-state index contributed by atoms with van der Waals surface area (Å²) in [7, 11) is -1.53. The van der Waals surface area contributed by atoms with E-state index in [1.807, 2.05) is 81.4 Å². The van der Waals surface area contributed by atoms with Crippen LogP contribution >= 0.6 is 15.9 Å². The standard InChI is InChI=1S/C34H44BrNO6Si/c1-33(2,3)42-32(38)36-27(21-22-40-30(31(37)39-7)25-15-14-16-26(35)23-25)24-41-43(34(4,5)6,28-17-10-8-11-18-28)29-19-12-9-13-20-29/h8-20,23,27,30H,21-22,24H2,1-7H3,(H,36,38)/t27-,30?/m1/s1. The van der Waals surface area contributed by atoms with Crippen molar-refractivity contribution in [3.63, 3.8) is 0 Å². The van der Waals surface area contributed by atoms with Crippen LogP contribution in [0.25, 0.3) is 0 Å². The first-order valence-corrected chi connectivity index (χ1v) is 17.2. The fourth-order valence-corrected chi connectivity index (χ4v) is 10.1. The lowest BCUT2D eigenvalue weighted by molar-refractivity contribution is -0.154. The van der Waals surface area contributed by atoms with Gasteiger partial charge in [0.25, 0.3) is 8.32 Å². The number of nitrogens with one attached hydrogen (secondary N) is 1. The summed E-state index contributed by atoms with van der Waals surface area (Å²) < 4.78 is 24.6. The molecule has 232 valence electrons. The van der Waals surface area contributed by atoms with Gasteiger partial charge >= 0.3 is 12.1 Å². The Morgan fingerprint density at radius 1 is 0.860 bits per heavy atom. The number of halogens is 1. The van der Waals surface area contributed by atoms with Gasteiger partial charge in [0.05, 0.1) is 26.4 Å². The number of rotatable bonds is 12. The third-order valence-electron chi connectivity index (χ3n) is 6.96. The SMILES string of the molecule is COC(=O)C(OCC[C@H](CO[Si](c1ccccc1)(c1ccccc1)C(C)(C)C)NC(=O)OC(C)(C)C)c1cccc(Br)c1. The summed E-state index contributed by atoms with van der Waals surface area (Å²) in [5.41, 5.74) is 0.00199. The van der Waals surface area contributed by atoms with E-state index >= 15 is 0 Å². The number of hydrogen-bond donors (Lipinski definition) is 1. The molecule has 0 saturated carbocycles. The van der Waals surface area contributed by atoms with Crippen molar-refractivity contribution in [3.05, 3.63) is 95.0 Å². The molecule has 1 N–H and O–H groups in total. The van der Waals surface area contributed by atoms with Crippen molar-refractivity contribution in [2.45, 2.75) is 70.7 Å². The molecule has 0 aliphatic rings. The number of hydrogen-bond acceptors (Lipinski definition) is 6. The zero-order valence-electron chi connectivity index (χ0n) is 26.2. The second kappa shape index (κ2) is 15.1. The van der Waals surface area contributed by atoms with Crippen molar-refractivity contribution in [1.82, 2.24) is 5.32 Å². The van der Waals surface area contributed by atoms with Crippen LogP contribution in [0.2, 0.25) is 5.04 Å². The molecule has 7 nitrogen and oxygen atoms in total. The average Bonchev–Trinajstić information content (AvgIpc) is 2.94. The fraction of sp³-hybridized carbons (Fsp3) is 0.412. The Bertz CT molecular complexity index is 1280. The molecule has 1 unspecified atom stereocenters. The number of methoxy groups -OCH3 is 1. The number of carbonyl (C=O) groups excluding carboxylic acids is 2. The maximum atomic E-state index is 12.9. The van der Waals surface area contributed by atoms with Gasteiger partial charge in [0, 0.05) is 4.47 Å². The van der Waals surface area contributed by atoms with Gasteiger partial charge in [-0.3, -0.25) is 0 Å². The maximum absolute atomic E-state index is 12.9. The minimum absolute atomic E-state index is 0.164. The van der Waals surface area contributed by atoms with Crippen molar-refractivity contribution >= 4 is 46.7 Å². The average molecular weight is 671 g/mol. The maximum Gasteiger partial charge on any atom is 0.407 e. The van der Waals surface area contributed by atoms with Crippen LogP contribution in [0.3, 0.4) is 0 Å². The predicted molar refractivity (Wildman–Crippen MR) is 176 cm³/mol. The number of ether oxygens (including phenoxy) is 3. The molecule has 0 aliphatic carbocycles. The molecule has 0 fully saturated rings. The molecule has 43 heavy (non-hydrogen) atoms. The topological polar surface area (TPSA) is 83.1 Å². The van der Waals surface area contributed by atoms with Gasteiger partial charge in [-0.15, -0.1) is 0 Å². The van der Waals surface area contributed by atoms with E-state index < -0.39 is 38.1 Å². The Kier molecular flexibility index (Phi) is 12.2. The molecule has 3 aromatic rings. The molecule has 1 amide bonds. The summed E-state index contributed by atoms with van der Waals surface area (Å²) >= 11 is 3.46. The van der Waals surface area contributed by atoms with E-state index in [0.717, 1.165) is 14.8 Å². The van der Waals surface area contributed by atoms with Crippen LogP contribution < -0.4 is 15.7 Å². The molecule has 0 aliphatic heterocycles. The van der Waals surface area contributed by atoms with Crippen LogP contribution in [0.4, 0.5) is 4.79 Å². The van der Waals surface area contributed by atoms with Gasteiger partial charge in [-0.05, 0) is 60.3 Å². The molecule has 0 heterocycles. The highest BCUT2D eigenvalue weighted by atomic mass is 79.9. The third-order valence-corrected chi connectivity index (χ3v) is 12.5. The van der Waals surface area contributed by atoms with E-state index in [9.17, 15) is 9.59 Å². The Balaban J connectivity index is 1.91. The Morgan fingerprint density at radius 2 is 1.44 bits per heavy atom. The lowest BCUT2D eigenvalue weighted by Gasteiger charge is -2.43. The molecule has 0 spiro atoms. The molecule has 9 heteroatoms. The molecular weight excluding hydrogens is 626 g/mol. The number of benzene rings is 3. The molecule has 0 saturated heterocycles. The number of carbonyl (C=O) groups is 2. The summed E-state index contributed by atoms with van der Waals surface area (Å²) in [6.45, 7) is 12.5. The number of alkyl carbamates (subject to hydrolysis) is 1. The molecule has 3 aromatic carbocycles. The van der Waals surface area contributed by atoms with Crippen LogP contribution in [0, 0.1) is 0 Å². The molecule has 2 atom stereocenters. The zero-order valence-corrected chi connectivity index (χ0v) is 28.8. The third kappa shape index (κ3) is 9.50. The van der Waals surface area contributed by atoms with Gasteiger partial charge < -0.3 is 24.0 Å². The van der Waals surface area contributed by atoms with E-state index in [4.69, 9.17) is 18.6 Å². The molecular formula is C34H44BrNO6Si. The summed E-state index contributed by atoms with van der Waals surface area (Å²) in [5, 5.41) is 5.04. The first-order chi connectivity index (χ1) is 20.3. The predicted octanol–water partition coefficient (Wildman–Crippen LogP) is 6.54. The van der Waals surface area contributed by atoms with E-state index in [0.29, 0.717) is 12.0 Å². The summed E-state index contributed by atoms with van der Waals surface area (Å²) in [5.74, 6) is -0.502. The monoisotopic (exact) mass is 669 g/mol. The van der Waals surface area contributed by atoms with Gasteiger partial charge in [-0.25, -0.2) is 9.59 Å².